The summed E-state index contributed by atoms with van der Waals surface area (Å²) in [6.45, 7) is 4.25. The van der Waals surface area contributed by atoms with Gasteiger partial charge in [-0.3, -0.25) is 0 Å². The highest BCUT2D eigenvalue weighted by atomic mass is 35.5. The van der Waals surface area contributed by atoms with Crippen molar-refractivity contribution in [3.8, 4) is 5.75 Å². The molecule has 1 aliphatic heterocycles. The number of nitrogens with zero attached hydrogens (tertiary/aromatic N) is 3. The van der Waals surface area contributed by atoms with Crippen LogP contribution in [-0.4, -0.2) is 71.1 Å². The van der Waals surface area contributed by atoms with Crippen LogP contribution in [0.25, 0.3) is 0 Å². The number of anilines is 3. The number of amides is 1. The molecule has 1 aromatic heterocycles. The molecule has 37 heavy (non-hydrogen) atoms. The smallest absolute Gasteiger partial charge is 0.404 e. The zero-order chi connectivity index (χ0) is 26.1. The van der Waals surface area contributed by atoms with Gasteiger partial charge in [0.2, 0.25) is 5.95 Å². The number of halogens is 1. The third-order valence-electron chi connectivity index (χ3n) is 7.37. The molecule has 1 amide bonds. The summed E-state index contributed by atoms with van der Waals surface area (Å²) < 4.78 is 11.1. The van der Waals surface area contributed by atoms with Crippen LogP contribution in [0.4, 0.5) is 22.2 Å². The van der Waals surface area contributed by atoms with E-state index in [-0.39, 0.29) is 30.1 Å². The Morgan fingerprint density at radius 1 is 1.27 bits per heavy atom. The molecule has 11 heteroatoms. The number of carbonyl (C=O) groups excluding carboxylic acids is 1. The van der Waals surface area contributed by atoms with Crippen LogP contribution >= 0.6 is 11.6 Å². The van der Waals surface area contributed by atoms with Crippen LogP contribution in [0.2, 0.25) is 5.02 Å². The molecule has 0 saturated heterocycles. The summed E-state index contributed by atoms with van der Waals surface area (Å²) in [6.07, 6.45) is 6.84. The number of aliphatic hydroxyl groups excluding tert-OH is 1. The van der Waals surface area contributed by atoms with E-state index in [1.54, 1.807) is 7.11 Å². The summed E-state index contributed by atoms with van der Waals surface area (Å²) >= 11 is 6.44. The Morgan fingerprint density at radius 3 is 2.70 bits per heavy atom. The molecular formula is C26H33ClN6O4. The first kappa shape index (κ1) is 25.6. The molecule has 3 aliphatic rings. The van der Waals surface area contributed by atoms with Crippen molar-refractivity contribution < 1.29 is 19.4 Å². The summed E-state index contributed by atoms with van der Waals surface area (Å²) in [5, 5.41) is 16.8. The van der Waals surface area contributed by atoms with Crippen LogP contribution in [0.5, 0.6) is 5.75 Å². The van der Waals surface area contributed by atoms with Crippen LogP contribution in [0.3, 0.4) is 0 Å². The molecule has 1 fully saturated rings. The molecule has 5 atom stereocenters. The van der Waals surface area contributed by atoms with Gasteiger partial charge in [-0.1, -0.05) is 23.8 Å². The molecule has 5 rings (SSSR count). The predicted molar refractivity (Wildman–Crippen MR) is 141 cm³/mol. The molecule has 2 bridgehead atoms. The Labute approximate surface area is 221 Å². The Balaban J connectivity index is 1.35. The number of ether oxygens (including phenoxy) is 2. The molecule has 1 saturated carbocycles. The van der Waals surface area contributed by atoms with Crippen LogP contribution < -0.4 is 21.1 Å². The Morgan fingerprint density at radius 2 is 2.00 bits per heavy atom. The lowest BCUT2D eigenvalue weighted by atomic mass is 9.98. The van der Waals surface area contributed by atoms with E-state index >= 15 is 0 Å². The SMILES string of the molecule is COc1cc2c(cc1Nc1ncc(Cl)c(N[C@H]3[C@@H](OC(N)=O)[C@@H]4C=C[C@H]3C4)n1)CCN(C[C@H](C)O)CC2. The summed E-state index contributed by atoms with van der Waals surface area (Å²) in [5.74, 6) is 1.82. The van der Waals surface area contributed by atoms with Crippen LogP contribution in [0, 0.1) is 11.8 Å². The second-order valence-corrected chi connectivity index (χ2v) is 10.4. The Bertz CT molecular complexity index is 1190. The van der Waals surface area contributed by atoms with Gasteiger partial charge in [-0.05, 0) is 49.4 Å². The lowest BCUT2D eigenvalue weighted by Gasteiger charge is -2.28. The molecule has 0 unspecified atom stereocenters. The second-order valence-electron chi connectivity index (χ2n) is 10.0. The zero-order valence-electron chi connectivity index (χ0n) is 21.0. The minimum Gasteiger partial charge on any atom is -0.495 e. The molecule has 2 aliphatic carbocycles. The zero-order valence-corrected chi connectivity index (χ0v) is 21.7. The molecule has 0 radical (unpaired) electrons. The molecule has 2 aromatic rings. The third-order valence-corrected chi connectivity index (χ3v) is 7.65. The molecular weight excluding hydrogens is 496 g/mol. The Hall–Kier alpha value is -3.08. The van der Waals surface area contributed by atoms with Gasteiger partial charge in [0.15, 0.2) is 5.82 Å². The van der Waals surface area contributed by atoms with Crippen LogP contribution in [0.1, 0.15) is 24.5 Å². The highest BCUT2D eigenvalue weighted by molar-refractivity contribution is 6.32. The van der Waals surface area contributed by atoms with Gasteiger partial charge in [-0.15, -0.1) is 0 Å². The van der Waals surface area contributed by atoms with Crippen molar-refractivity contribution in [1.82, 2.24) is 14.9 Å². The fourth-order valence-corrected chi connectivity index (χ4v) is 5.84. The average Bonchev–Trinajstić information content (AvgIpc) is 3.39. The maximum absolute atomic E-state index is 11.5. The lowest BCUT2D eigenvalue weighted by molar-refractivity contribution is 0.0853. The van der Waals surface area contributed by atoms with Crippen molar-refractivity contribution in [1.29, 1.82) is 0 Å². The van der Waals surface area contributed by atoms with E-state index in [2.05, 4.69) is 49.8 Å². The number of nitrogens with one attached hydrogen (secondary N) is 2. The van der Waals surface area contributed by atoms with Crippen molar-refractivity contribution in [3.63, 3.8) is 0 Å². The maximum atomic E-state index is 11.5. The minimum atomic E-state index is -0.793. The predicted octanol–water partition coefficient (Wildman–Crippen LogP) is 3.11. The summed E-state index contributed by atoms with van der Waals surface area (Å²) in [6, 6.07) is 3.96. The largest absolute Gasteiger partial charge is 0.495 e. The van der Waals surface area contributed by atoms with Crippen molar-refractivity contribution in [2.24, 2.45) is 17.6 Å². The van der Waals surface area contributed by atoms with Crippen molar-refractivity contribution in [2.75, 3.05) is 37.4 Å². The standard InChI is InChI=1S/C26H33ClN6O4/c1-14(34)13-33-7-5-15-10-20(21(36-2)11-16(15)6-8-33)30-26-29-12-19(27)24(32-26)31-22-17-3-4-18(9-17)23(22)37-25(28)35/h3-4,10-12,14,17-18,22-23,34H,5-9,13H2,1-2H3,(H2,28,35)(H2,29,30,31,32)/t14-,17-,18+,22+,23-/m0/s1. The molecule has 10 nitrogen and oxygen atoms in total. The highest BCUT2D eigenvalue weighted by Gasteiger charge is 2.47. The number of aliphatic hydroxyl groups is 1. The quantitative estimate of drug-likeness (QED) is 0.381. The van der Waals surface area contributed by atoms with E-state index in [4.69, 9.17) is 26.8 Å². The van der Waals surface area contributed by atoms with Crippen molar-refractivity contribution in [2.45, 2.75) is 44.4 Å². The van der Waals surface area contributed by atoms with Gasteiger partial charge in [-0.25, -0.2) is 9.78 Å². The maximum Gasteiger partial charge on any atom is 0.404 e. The van der Waals surface area contributed by atoms with E-state index < -0.39 is 6.09 Å². The molecule has 0 spiro atoms. The average molecular weight is 529 g/mol. The third kappa shape index (κ3) is 5.61. The van der Waals surface area contributed by atoms with Crippen molar-refractivity contribution in [3.05, 3.63) is 46.6 Å². The van der Waals surface area contributed by atoms with Gasteiger partial charge >= 0.3 is 6.09 Å². The number of nitrogens with two attached hydrogens (primary N) is 1. The van der Waals surface area contributed by atoms with E-state index in [0.29, 0.717) is 29.1 Å². The first-order valence-corrected chi connectivity index (χ1v) is 13.0. The minimum absolute atomic E-state index is 0.119. The number of hydrogen-bond donors (Lipinski definition) is 4. The second kappa shape index (κ2) is 10.7. The number of methoxy groups -OCH3 is 1. The first-order valence-electron chi connectivity index (χ1n) is 12.6. The van der Waals surface area contributed by atoms with E-state index in [1.807, 2.05) is 6.92 Å². The van der Waals surface area contributed by atoms with Crippen LogP contribution in [0.15, 0.2) is 30.5 Å². The number of hydrogen-bond acceptors (Lipinski definition) is 9. The van der Waals surface area contributed by atoms with Crippen molar-refractivity contribution >= 4 is 35.1 Å². The van der Waals surface area contributed by atoms with E-state index in [1.165, 1.54) is 17.3 Å². The fourth-order valence-electron chi connectivity index (χ4n) is 5.69. The number of aromatic nitrogens is 2. The number of rotatable bonds is 8. The topological polar surface area (TPSA) is 135 Å². The van der Waals surface area contributed by atoms with Gasteiger partial charge in [0.25, 0.3) is 0 Å². The summed E-state index contributed by atoms with van der Waals surface area (Å²) in [5.41, 5.74) is 8.54. The molecule has 1 aromatic carbocycles. The number of fused-ring (bicyclic) bond motifs is 3. The van der Waals surface area contributed by atoms with Gasteiger partial charge in [0.1, 0.15) is 16.9 Å². The molecule has 198 valence electrons. The summed E-state index contributed by atoms with van der Waals surface area (Å²) in [7, 11) is 1.64. The van der Waals surface area contributed by atoms with Gasteiger partial charge in [0.05, 0.1) is 31.1 Å². The number of β-amino-alcohol motifs (C(OH)–C–C–N with tert-alkyl or cyclic N) is 1. The number of primary amides is 1. The van der Waals surface area contributed by atoms with Gasteiger partial charge < -0.3 is 35.8 Å². The Kier molecular flexibility index (Phi) is 7.41. The fraction of sp³-hybridized carbons (Fsp3) is 0.500. The first-order chi connectivity index (χ1) is 17.8. The van der Waals surface area contributed by atoms with Crippen LogP contribution in [-0.2, 0) is 17.6 Å². The lowest BCUT2D eigenvalue weighted by Crippen LogP contribution is -2.41. The van der Waals surface area contributed by atoms with Gasteiger partial charge in [0, 0.05) is 31.5 Å². The summed E-state index contributed by atoms with van der Waals surface area (Å²) in [4.78, 5) is 22.7. The number of benzene rings is 1. The van der Waals surface area contributed by atoms with E-state index in [9.17, 15) is 9.90 Å². The normalized spacial score (nSPS) is 25.3. The highest BCUT2D eigenvalue weighted by Crippen LogP contribution is 2.43. The van der Waals surface area contributed by atoms with E-state index in [0.717, 1.165) is 38.0 Å². The molecule has 5 N–H and O–H groups in total. The monoisotopic (exact) mass is 528 g/mol. The van der Waals surface area contributed by atoms with Gasteiger partial charge in [-0.2, -0.15) is 4.98 Å². The number of carbonyl (C=O) groups is 1. The molecule has 2 heterocycles.